The quantitative estimate of drug-likeness (QED) is 0.848. The molecule has 84 valence electrons. The van der Waals surface area contributed by atoms with Gasteiger partial charge in [0.05, 0.1) is 12.2 Å². The van der Waals surface area contributed by atoms with Gasteiger partial charge in [0.2, 0.25) is 0 Å². The average molecular weight is 216 g/mol. The lowest BCUT2D eigenvalue weighted by molar-refractivity contribution is 0.658. The molecule has 4 heteroatoms. The number of rotatable bonds is 3. The molecule has 2 aromatic rings. The van der Waals surface area contributed by atoms with Gasteiger partial charge in [0, 0.05) is 30.7 Å². The Kier molecular flexibility index (Phi) is 3.01. The predicted molar refractivity (Wildman–Crippen MR) is 62.9 cm³/mol. The van der Waals surface area contributed by atoms with Crippen molar-refractivity contribution in [2.75, 3.05) is 0 Å². The fourth-order valence-corrected chi connectivity index (χ4v) is 1.69. The molecule has 16 heavy (non-hydrogen) atoms. The molecule has 0 bridgehead atoms. The van der Waals surface area contributed by atoms with Gasteiger partial charge in [-0.05, 0) is 31.0 Å². The van der Waals surface area contributed by atoms with Gasteiger partial charge >= 0.3 is 0 Å². The first-order valence-electron chi connectivity index (χ1n) is 5.40. The summed E-state index contributed by atoms with van der Waals surface area (Å²) in [7, 11) is 0. The van der Waals surface area contributed by atoms with E-state index in [9.17, 15) is 0 Å². The maximum absolute atomic E-state index is 6.19. The monoisotopic (exact) mass is 216 g/mol. The Morgan fingerprint density at radius 2 is 2.25 bits per heavy atom. The molecule has 0 saturated heterocycles. The van der Waals surface area contributed by atoms with Crippen molar-refractivity contribution >= 4 is 0 Å². The van der Waals surface area contributed by atoms with Crippen LogP contribution in [0.1, 0.15) is 29.7 Å². The van der Waals surface area contributed by atoms with E-state index in [0.717, 1.165) is 23.2 Å². The Bertz CT molecular complexity index is 475. The predicted octanol–water partition coefficient (Wildman–Crippen LogP) is 1.65. The minimum Gasteiger partial charge on any atom is -0.320 e. The number of hydrogen-bond acceptors (Lipinski definition) is 3. The van der Waals surface area contributed by atoms with E-state index in [1.54, 1.807) is 6.20 Å². The lowest BCUT2D eigenvalue weighted by atomic mass is 10.0. The van der Waals surface area contributed by atoms with Crippen LogP contribution in [0.5, 0.6) is 0 Å². The number of aromatic nitrogens is 3. The van der Waals surface area contributed by atoms with Crippen LogP contribution < -0.4 is 5.73 Å². The Morgan fingerprint density at radius 3 is 2.88 bits per heavy atom. The summed E-state index contributed by atoms with van der Waals surface area (Å²) < 4.78 is 1.88. The number of nitrogens with two attached hydrogens (primary N) is 1. The van der Waals surface area contributed by atoms with Crippen LogP contribution in [0.25, 0.3) is 0 Å². The second kappa shape index (κ2) is 4.45. The van der Waals surface area contributed by atoms with Crippen LogP contribution in [-0.2, 0) is 6.54 Å². The van der Waals surface area contributed by atoms with Crippen LogP contribution in [0.3, 0.4) is 0 Å². The molecule has 1 unspecified atom stereocenters. The van der Waals surface area contributed by atoms with E-state index in [2.05, 4.69) is 17.0 Å². The number of hydrogen-bond donors (Lipinski definition) is 1. The average Bonchev–Trinajstić information content (AvgIpc) is 2.77. The van der Waals surface area contributed by atoms with E-state index in [0.29, 0.717) is 0 Å². The molecule has 0 amide bonds. The third kappa shape index (κ3) is 1.97. The highest BCUT2D eigenvalue weighted by Gasteiger charge is 2.13. The Balaban J connectivity index is 2.31. The third-order valence-electron chi connectivity index (χ3n) is 2.75. The lowest BCUT2D eigenvalue weighted by Gasteiger charge is -2.11. The van der Waals surface area contributed by atoms with Crippen LogP contribution in [0.4, 0.5) is 0 Å². The van der Waals surface area contributed by atoms with Crippen molar-refractivity contribution in [3.05, 3.63) is 47.5 Å². The van der Waals surface area contributed by atoms with Gasteiger partial charge in [-0.3, -0.25) is 9.67 Å². The minimum atomic E-state index is -0.144. The van der Waals surface area contributed by atoms with Crippen molar-refractivity contribution in [1.82, 2.24) is 14.8 Å². The summed E-state index contributed by atoms with van der Waals surface area (Å²) in [4.78, 5) is 4.11. The van der Waals surface area contributed by atoms with Crippen molar-refractivity contribution in [2.45, 2.75) is 26.4 Å². The van der Waals surface area contributed by atoms with Crippen LogP contribution in [0, 0.1) is 6.92 Å². The highest BCUT2D eigenvalue weighted by molar-refractivity contribution is 5.32. The van der Waals surface area contributed by atoms with Gasteiger partial charge in [-0.2, -0.15) is 5.10 Å². The van der Waals surface area contributed by atoms with E-state index < -0.39 is 0 Å². The Morgan fingerprint density at radius 1 is 1.44 bits per heavy atom. The fraction of sp³-hybridized carbons (Fsp3) is 0.333. The maximum Gasteiger partial charge on any atom is 0.0600 e. The highest BCUT2D eigenvalue weighted by Crippen LogP contribution is 2.20. The molecule has 0 aliphatic carbocycles. The molecule has 2 heterocycles. The van der Waals surface area contributed by atoms with Crippen molar-refractivity contribution in [3.8, 4) is 0 Å². The Hall–Kier alpha value is -1.68. The number of pyridine rings is 1. The van der Waals surface area contributed by atoms with Crippen molar-refractivity contribution in [3.63, 3.8) is 0 Å². The largest absolute Gasteiger partial charge is 0.320 e. The second-order valence-electron chi connectivity index (χ2n) is 3.84. The van der Waals surface area contributed by atoms with Gasteiger partial charge in [-0.1, -0.05) is 0 Å². The van der Waals surface area contributed by atoms with Crippen LogP contribution in [-0.4, -0.2) is 14.8 Å². The first-order valence-corrected chi connectivity index (χ1v) is 5.40. The zero-order valence-corrected chi connectivity index (χ0v) is 9.59. The van der Waals surface area contributed by atoms with E-state index >= 15 is 0 Å². The molecule has 0 fully saturated rings. The number of nitrogens with zero attached hydrogens (tertiary/aromatic N) is 3. The van der Waals surface area contributed by atoms with Gasteiger partial charge in [-0.15, -0.1) is 0 Å². The molecule has 0 aliphatic heterocycles. The van der Waals surface area contributed by atoms with Gasteiger partial charge in [0.25, 0.3) is 0 Å². The maximum atomic E-state index is 6.19. The van der Waals surface area contributed by atoms with Gasteiger partial charge in [0.1, 0.15) is 0 Å². The molecule has 2 aromatic heterocycles. The Labute approximate surface area is 95.1 Å². The number of aryl methyl sites for hydroxylation is 2. The zero-order valence-electron chi connectivity index (χ0n) is 9.59. The molecule has 2 N–H and O–H groups in total. The highest BCUT2D eigenvalue weighted by atomic mass is 15.3. The van der Waals surface area contributed by atoms with Crippen LogP contribution >= 0.6 is 0 Å². The SMILES string of the molecule is CCn1cc(C(N)c2cnccc2C)cn1. The molecule has 2 rings (SSSR count). The molecule has 4 nitrogen and oxygen atoms in total. The normalized spacial score (nSPS) is 12.7. The molecular formula is C12H16N4. The van der Waals surface area contributed by atoms with E-state index in [4.69, 9.17) is 5.73 Å². The topological polar surface area (TPSA) is 56.7 Å². The molecule has 0 aromatic carbocycles. The van der Waals surface area contributed by atoms with Crippen molar-refractivity contribution in [2.24, 2.45) is 5.73 Å². The van der Waals surface area contributed by atoms with Gasteiger partial charge in [-0.25, -0.2) is 0 Å². The molecule has 1 atom stereocenters. The lowest BCUT2D eigenvalue weighted by Crippen LogP contribution is -2.12. The van der Waals surface area contributed by atoms with Crippen LogP contribution in [0.2, 0.25) is 0 Å². The van der Waals surface area contributed by atoms with E-state index in [1.165, 1.54) is 0 Å². The van der Waals surface area contributed by atoms with Crippen LogP contribution in [0.15, 0.2) is 30.9 Å². The molecule has 0 spiro atoms. The first kappa shape index (κ1) is 10.8. The zero-order chi connectivity index (χ0) is 11.5. The standard InChI is InChI=1S/C12H16N4/c1-3-16-8-10(6-15-16)12(13)11-7-14-5-4-9(11)2/h4-8,12H,3,13H2,1-2H3. The third-order valence-corrected chi connectivity index (χ3v) is 2.75. The summed E-state index contributed by atoms with van der Waals surface area (Å²) in [6.45, 7) is 4.96. The smallest absolute Gasteiger partial charge is 0.0600 e. The summed E-state index contributed by atoms with van der Waals surface area (Å²) in [6, 6.07) is 1.83. The summed E-state index contributed by atoms with van der Waals surface area (Å²) in [5, 5.41) is 4.23. The molecule has 0 saturated carbocycles. The van der Waals surface area contributed by atoms with Crippen molar-refractivity contribution in [1.29, 1.82) is 0 Å². The summed E-state index contributed by atoms with van der Waals surface area (Å²) in [5.74, 6) is 0. The summed E-state index contributed by atoms with van der Waals surface area (Å²) in [5.41, 5.74) is 9.43. The molecular weight excluding hydrogens is 200 g/mol. The minimum absolute atomic E-state index is 0.144. The second-order valence-corrected chi connectivity index (χ2v) is 3.84. The summed E-state index contributed by atoms with van der Waals surface area (Å²) in [6.07, 6.45) is 7.40. The van der Waals surface area contributed by atoms with Gasteiger partial charge < -0.3 is 5.73 Å². The van der Waals surface area contributed by atoms with Gasteiger partial charge in [0.15, 0.2) is 0 Å². The van der Waals surface area contributed by atoms with Crippen molar-refractivity contribution < 1.29 is 0 Å². The molecule has 0 aliphatic rings. The van der Waals surface area contributed by atoms with E-state index in [1.807, 2.05) is 36.3 Å². The summed E-state index contributed by atoms with van der Waals surface area (Å²) >= 11 is 0. The fourth-order valence-electron chi connectivity index (χ4n) is 1.69. The first-order chi connectivity index (χ1) is 7.72. The van der Waals surface area contributed by atoms with E-state index in [-0.39, 0.29) is 6.04 Å². The molecule has 0 radical (unpaired) electrons.